The second-order valence-corrected chi connectivity index (χ2v) is 8.19. The summed E-state index contributed by atoms with van der Waals surface area (Å²) in [5.41, 5.74) is 2.08. The van der Waals surface area contributed by atoms with Gasteiger partial charge >= 0.3 is 0 Å². The fraction of sp³-hybridized carbons (Fsp3) is 0.389. The Morgan fingerprint density at radius 3 is 2.84 bits per heavy atom. The van der Waals surface area contributed by atoms with Gasteiger partial charge in [-0.3, -0.25) is 4.79 Å². The van der Waals surface area contributed by atoms with Gasteiger partial charge in [0, 0.05) is 17.0 Å². The Balaban J connectivity index is 1.83. The van der Waals surface area contributed by atoms with E-state index in [2.05, 4.69) is 58.9 Å². The number of allylic oxidation sites excluding steroid dienone is 2. The van der Waals surface area contributed by atoms with Crippen molar-refractivity contribution in [3.63, 3.8) is 0 Å². The molecule has 0 fully saturated rings. The molecule has 1 aliphatic carbocycles. The van der Waals surface area contributed by atoms with Crippen LogP contribution in [-0.4, -0.2) is 32.6 Å². The van der Waals surface area contributed by atoms with Crippen LogP contribution in [0.2, 0.25) is 0 Å². The Morgan fingerprint density at radius 1 is 1.32 bits per heavy atom. The molecule has 0 bridgehead atoms. The van der Waals surface area contributed by atoms with Crippen molar-refractivity contribution in [2.24, 2.45) is 5.92 Å². The molecule has 130 valence electrons. The SMILES string of the molecule is CCSc1nc2n(n1)[C@@H](c1ccc(SC)cc1)[C@@H]1C(=O)CCC=C1N2. The van der Waals surface area contributed by atoms with E-state index in [4.69, 9.17) is 0 Å². The Labute approximate surface area is 155 Å². The minimum atomic E-state index is -0.206. The lowest BCUT2D eigenvalue weighted by molar-refractivity contribution is -0.123. The maximum Gasteiger partial charge on any atom is 0.227 e. The number of carbonyl (C=O) groups excluding carboxylic acids is 1. The Bertz CT molecular complexity index is 828. The summed E-state index contributed by atoms with van der Waals surface area (Å²) in [4.78, 5) is 18.6. The molecule has 0 saturated heterocycles. The number of nitrogens with one attached hydrogen (secondary N) is 1. The summed E-state index contributed by atoms with van der Waals surface area (Å²) in [7, 11) is 0. The Kier molecular flexibility index (Phi) is 4.60. The third kappa shape index (κ3) is 3.00. The lowest BCUT2D eigenvalue weighted by Gasteiger charge is -2.36. The van der Waals surface area contributed by atoms with E-state index >= 15 is 0 Å². The van der Waals surface area contributed by atoms with E-state index in [1.165, 1.54) is 4.90 Å². The van der Waals surface area contributed by atoms with Crippen molar-refractivity contribution < 1.29 is 4.79 Å². The van der Waals surface area contributed by atoms with Crippen molar-refractivity contribution in [3.8, 4) is 0 Å². The number of nitrogens with zero attached hydrogens (tertiary/aromatic N) is 3. The molecule has 2 aromatic rings. The first-order valence-electron chi connectivity index (χ1n) is 8.44. The lowest BCUT2D eigenvalue weighted by Crippen LogP contribution is -2.38. The number of Topliss-reactive ketones (excluding diaryl/α,β-unsaturated/α-hetero) is 1. The number of fused-ring (bicyclic) bond motifs is 2. The number of aromatic nitrogens is 3. The zero-order valence-corrected chi connectivity index (χ0v) is 15.9. The third-order valence-electron chi connectivity index (χ3n) is 4.61. The maximum atomic E-state index is 12.7. The number of anilines is 1. The zero-order valence-electron chi connectivity index (χ0n) is 14.2. The van der Waals surface area contributed by atoms with Crippen molar-refractivity contribution >= 4 is 35.3 Å². The molecule has 1 N–H and O–H groups in total. The van der Waals surface area contributed by atoms with Gasteiger partial charge in [0.2, 0.25) is 11.1 Å². The van der Waals surface area contributed by atoms with Crippen LogP contribution in [0.5, 0.6) is 0 Å². The summed E-state index contributed by atoms with van der Waals surface area (Å²) in [6.45, 7) is 2.09. The van der Waals surface area contributed by atoms with Crippen LogP contribution in [0.25, 0.3) is 0 Å². The van der Waals surface area contributed by atoms with E-state index in [0.717, 1.165) is 34.5 Å². The molecule has 1 aliphatic heterocycles. The first kappa shape index (κ1) is 16.7. The monoisotopic (exact) mass is 372 g/mol. The third-order valence-corrected chi connectivity index (χ3v) is 6.08. The van der Waals surface area contributed by atoms with Gasteiger partial charge in [-0.1, -0.05) is 36.9 Å². The molecule has 0 amide bonds. The number of hydrogen-bond acceptors (Lipinski definition) is 6. The molecule has 0 spiro atoms. The van der Waals surface area contributed by atoms with Crippen molar-refractivity contribution in [2.45, 2.75) is 35.9 Å². The van der Waals surface area contributed by atoms with Crippen LogP contribution in [-0.2, 0) is 4.79 Å². The zero-order chi connectivity index (χ0) is 17.4. The second kappa shape index (κ2) is 6.88. The quantitative estimate of drug-likeness (QED) is 0.819. The van der Waals surface area contributed by atoms with Crippen LogP contribution >= 0.6 is 23.5 Å². The molecule has 4 rings (SSSR count). The molecule has 0 radical (unpaired) electrons. The number of hydrogen-bond donors (Lipinski definition) is 1. The molecule has 2 atom stereocenters. The average Bonchev–Trinajstić information content (AvgIpc) is 3.02. The highest BCUT2D eigenvalue weighted by Crippen LogP contribution is 2.42. The van der Waals surface area contributed by atoms with Crippen LogP contribution in [0.1, 0.15) is 31.4 Å². The highest BCUT2D eigenvalue weighted by Gasteiger charge is 2.41. The second-order valence-electron chi connectivity index (χ2n) is 6.08. The largest absolute Gasteiger partial charge is 0.328 e. The smallest absolute Gasteiger partial charge is 0.227 e. The molecular weight excluding hydrogens is 352 g/mol. The van der Waals surface area contributed by atoms with E-state index < -0.39 is 0 Å². The standard InChI is InChI=1S/C18H20N4OS2/c1-3-25-18-20-17-19-13-5-4-6-14(23)15(13)16(22(17)21-18)11-7-9-12(24-2)10-8-11/h5,7-10,15-16H,3-4,6H2,1-2H3,(H,19,20,21)/t15-,16-/m0/s1. The van der Waals surface area contributed by atoms with Crippen LogP contribution in [0.3, 0.4) is 0 Å². The first-order chi connectivity index (χ1) is 12.2. The summed E-state index contributed by atoms with van der Waals surface area (Å²) >= 11 is 3.33. The molecule has 0 unspecified atom stereocenters. The normalized spacial score (nSPS) is 22.0. The number of ketones is 1. The number of rotatable bonds is 4. The van der Waals surface area contributed by atoms with Gasteiger partial charge in [0.15, 0.2) is 0 Å². The van der Waals surface area contributed by atoms with Gasteiger partial charge in [0.25, 0.3) is 0 Å². The van der Waals surface area contributed by atoms with Crippen molar-refractivity contribution in [3.05, 3.63) is 41.6 Å². The molecule has 7 heteroatoms. The average molecular weight is 373 g/mol. The molecule has 0 saturated carbocycles. The topological polar surface area (TPSA) is 59.8 Å². The Morgan fingerprint density at radius 2 is 2.12 bits per heavy atom. The first-order valence-corrected chi connectivity index (χ1v) is 10.7. The van der Waals surface area contributed by atoms with Crippen molar-refractivity contribution in [2.75, 3.05) is 17.3 Å². The van der Waals surface area contributed by atoms with E-state index in [-0.39, 0.29) is 17.7 Å². The van der Waals surface area contributed by atoms with Gasteiger partial charge in [-0.2, -0.15) is 4.98 Å². The van der Waals surface area contributed by atoms with Crippen molar-refractivity contribution in [1.82, 2.24) is 14.8 Å². The highest BCUT2D eigenvalue weighted by molar-refractivity contribution is 7.99. The molecule has 2 aliphatic rings. The van der Waals surface area contributed by atoms with Gasteiger partial charge in [0.1, 0.15) is 5.78 Å². The molecule has 1 aromatic carbocycles. The van der Waals surface area contributed by atoms with E-state index in [9.17, 15) is 4.79 Å². The van der Waals surface area contributed by atoms with Crippen LogP contribution in [0.15, 0.2) is 46.1 Å². The van der Waals surface area contributed by atoms with Gasteiger partial charge in [-0.25, -0.2) is 4.68 Å². The fourth-order valence-electron chi connectivity index (χ4n) is 3.48. The van der Waals surface area contributed by atoms with Gasteiger partial charge in [0.05, 0.1) is 12.0 Å². The van der Waals surface area contributed by atoms with E-state index in [0.29, 0.717) is 6.42 Å². The highest BCUT2D eigenvalue weighted by atomic mass is 32.2. The summed E-state index contributed by atoms with van der Waals surface area (Å²) in [6, 6.07) is 8.30. The van der Waals surface area contributed by atoms with Gasteiger partial charge in [-0.15, -0.1) is 16.9 Å². The van der Waals surface area contributed by atoms with Crippen LogP contribution in [0.4, 0.5) is 5.95 Å². The van der Waals surface area contributed by atoms with E-state index in [1.807, 2.05) is 4.68 Å². The summed E-state index contributed by atoms with van der Waals surface area (Å²) in [5, 5.41) is 8.78. The molecule has 5 nitrogen and oxygen atoms in total. The van der Waals surface area contributed by atoms with Gasteiger partial charge in [-0.05, 0) is 36.1 Å². The number of carbonyl (C=O) groups is 1. The van der Waals surface area contributed by atoms with Crippen LogP contribution in [0, 0.1) is 5.92 Å². The van der Waals surface area contributed by atoms with Crippen LogP contribution < -0.4 is 5.32 Å². The summed E-state index contributed by atoms with van der Waals surface area (Å²) in [6.07, 6.45) is 5.59. The molecular formula is C18H20N4OS2. The molecule has 1 aromatic heterocycles. The molecule has 25 heavy (non-hydrogen) atoms. The summed E-state index contributed by atoms with van der Waals surface area (Å²) < 4.78 is 1.90. The summed E-state index contributed by atoms with van der Waals surface area (Å²) in [5.74, 6) is 1.71. The number of benzene rings is 1. The predicted molar refractivity (Wildman–Crippen MR) is 102 cm³/mol. The predicted octanol–water partition coefficient (Wildman–Crippen LogP) is 3.99. The minimum Gasteiger partial charge on any atom is -0.328 e. The van der Waals surface area contributed by atoms with E-state index in [1.54, 1.807) is 23.5 Å². The lowest BCUT2D eigenvalue weighted by atomic mass is 9.81. The van der Waals surface area contributed by atoms with Gasteiger partial charge < -0.3 is 5.32 Å². The number of thioether (sulfide) groups is 2. The minimum absolute atomic E-state index is 0.134. The van der Waals surface area contributed by atoms with Crippen molar-refractivity contribution in [1.29, 1.82) is 0 Å². The maximum absolute atomic E-state index is 12.7. The fourth-order valence-corrected chi connectivity index (χ4v) is 4.44. The molecule has 2 heterocycles. The Hall–Kier alpha value is -1.73.